The van der Waals surface area contributed by atoms with Crippen molar-refractivity contribution in [1.29, 1.82) is 0 Å². The minimum atomic E-state index is -0.262. The molecule has 2 heterocycles. The molecule has 88 valence electrons. The van der Waals surface area contributed by atoms with Crippen molar-refractivity contribution in [3.05, 3.63) is 17.8 Å². The van der Waals surface area contributed by atoms with Gasteiger partial charge in [-0.15, -0.1) is 0 Å². The zero-order valence-electron chi connectivity index (χ0n) is 9.70. The Hall–Kier alpha value is -1.23. The van der Waals surface area contributed by atoms with Crippen LogP contribution in [0.3, 0.4) is 0 Å². The van der Waals surface area contributed by atoms with Gasteiger partial charge in [-0.25, -0.2) is 14.4 Å². The molecular formula is C11H17FN4. The summed E-state index contributed by atoms with van der Waals surface area (Å²) in [6.07, 6.45) is 3.08. The highest BCUT2D eigenvalue weighted by atomic mass is 19.1. The number of anilines is 1. The van der Waals surface area contributed by atoms with E-state index in [0.29, 0.717) is 24.0 Å². The van der Waals surface area contributed by atoms with E-state index in [0.717, 1.165) is 19.5 Å². The Bertz CT molecular complexity index is 369. The van der Waals surface area contributed by atoms with E-state index in [1.54, 1.807) is 0 Å². The van der Waals surface area contributed by atoms with Crippen LogP contribution in [-0.2, 0) is 6.42 Å². The van der Waals surface area contributed by atoms with Gasteiger partial charge in [-0.3, -0.25) is 0 Å². The van der Waals surface area contributed by atoms with Crippen molar-refractivity contribution in [3.63, 3.8) is 0 Å². The van der Waals surface area contributed by atoms with E-state index < -0.39 is 0 Å². The molecule has 1 aliphatic rings. The topological polar surface area (TPSA) is 41.1 Å². The number of hydrogen-bond donors (Lipinski definition) is 1. The van der Waals surface area contributed by atoms with E-state index in [9.17, 15) is 4.39 Å². The van der Waals surface area contributed by atoms with Gasteiger partial charge >= 0.3 is 0 Å². The fraction of sp³-hybridized carbons (Fsp3) is 0.636. The zero-order chi connectivity index (χ0) is 11.5. The van der Waals surface area contributed by atoms with Crippen LogP contribution in [-0.4, -0.2) is 36.1 Å². The van der Waals surface area contributed by atoms with Gasteiger partial charge in [0.25, 0.3) is 0 Å². The van der Waals surface area contributed by atoms with Crippen molar-refractivity contribution >= 4 is 5.82 Å². The summed E-state index contributed by atoms with van der Waals surface area (Å²) in [5.74, 6) is 0.186. The molecule has 1 fully saturated rings. The molecule has 0 spiro atoms. The molecule has 0 amide bonds. The lowest BCUT2D eigenvalue weighted by Gasteiger charge is -2.18. The van der Waals surface area contributed by atoms with Gasteiger partial charge in [0.1, 0.15) is 6.33 Å². The highest BCUT2D eigenvalue weighted by molar-refractivity contribution is 5.42. The molecule has 1 N–H and O–H groups in total. The Labute approximate surface area is 94.9 Å². The van der Waals surface area contributed by atoms with Gasteiger partial charge in [-0.1, -0.05) is 6.92 Å². The molecule has 0 aliphatic carbocycles. The lowest BCUT2D eigenvalue weighted by atomic mass is 10.3. The predicted molar refractivity (Wildman–Crippen MR) is 61.0 cm³/mol. The van der Waals surface area contributed by atoms with Crippen molar-refractivity contribution in [2.75, 3.05) is 25.0 Å². The average Bonchev–Trinajstić information content (AvgIpc) is 2.78. The fourth-order valence-electron chi connectivity index (χ4n) is 2.05. The minimum absolute atomic E-state index is 0.262. The Balaban J connectivity index is 2.21. The maximum atomic E-state index is 14.0. The average molecular weight is 224 g/mol. The standard InChI is InChI=1S/C11H17FN4/c1-3-9-10(12)11(15-7-14-9)16-5-4-8(6-16)13-2/h7-8,13H,3-6H2,1-2H3. The van der Waals surface area contributed by atoms with Crippen LogP contribution < -0.4 is 10.2 Å². The minimum Gasteiger partial charge on any atom is -0.352 e. The highest BCUT2D eigenvalue weighted by Crippen LogP contribution is 2.22. The van der Waals surface area contributed by atoms with Gasteiger partial charge in [0.05, 0.1) is 5.69 Å². The van der Waals surface area contributed by atoms with E-state index in [4.69, 9.17) is 0 Å². The number of nitrogens with zero attached hydrogens (tertiary/aromatic N) is 3. The van der Waals surface area contributed by atoms with Crippen LogP contribution >= 0.6 is 0 Å². The molecule has 1 aliphatic heterocycles. The van der Waals surface area contributed by atoms with Crippen LogP contribution in [0.15, 0.2) is 6.33 Å². The second-order valence-corrected chi connectivity index (χ2v) is 4.03. The number of aryl methyl sites for hydroxylation is 1. The Morgan fingerprint density at radius 2 is 2.38 bits per heavy atom. The molecule has 0 saturated carbocycles. The molecule has 1 aromatic heterocycles. The van der Waals surface area contributed by atoms with Gasteiger partial charge in [-0.05, 0) is 19.9 Å². The lowest BCUT2D eigenvalue weighted by molar-refractivity contribution is 0.584. The summed E-state index contributed by atoms with van der Waals surface area (Å²) in [7, 11) is 1.93. The molecule has 4 nitrogen and oxygen atoms in total. The van der Waals surface area contributed by atoms with Crippen LogP contribution in [0, 0.1) is 5.82 Å². The van der Waals surface area contributed by atoms with Crippen molar-refractivity contribution in [2.45, 2.75) is 25.8 Å². The van der Waals surface area contributed by atoms with Gasteiger partial charge in [0.2, 0.25) is 0 Å². The molecule has 1 saturated heterocycles. The molecule has 1 aromatic rings. The molecule has 1 unspecified atom stereocenters. The maximum absolute atomic E-state index is 14.0. The van der Waals surface area contributed by atoms with Crippen molar-refractivity contribution in [1.82, 2.24) is 15.3 Å². The molecular weight excluding hydrogens is 207 g/mol. The quantitative estimate of drug-likeness (QED) is 0.831. The van der Waals surface area contributed by atoms with Crippen LogP contribution in [0.25, 0.3) is 0 Å². The molecule has 0 radical (unpaired) electrons. The second kappa shape index (κ2) is 4.74. The van der Waals surface area contributed by atoms with E-state index in [1.165, 1.54) is 6.33 Å². The predicted octanol–water partition coefficient (Wildman–Crippen LogP) is 0.976. The molecule has 2 rings (SSSR count). The summed E-state index contributed by atoms with van der Waals surface area (Å²) in [5, 5.41) is 3.20. The molecule has 5 heteroatoms. The fourth-order valence-corrected chi connectivity index (χ4v) is 2.05. The smallest absolute Gasteiger partial charge is 0.187 e. The number of rotatable bonds is 3. The lowest BCUT2D eigenvalue weighted by Crippen LogP contribution is -2.30. The van der Waals surface area contributed by atoms with Crippen molar-refractivity contribution < 1.29 is 4.39 Å². The third-order valence-corrected chi connectivity index (χ3v) is 3.07. The van der Waals surface area contributed by atoms with Gasteiger partial charge < -0.3 is 10.2 Å². The first kappa shape index (κ1) is 11.3. The number of aromatic nitrogens is 2. The molecule has 1 atom stereocenters. The summed E-state index contributed by atoms with van der Waals surface area (Å²) >= 11 is 0. The highest BCUT2D eigenvalue weighted by Gasteiger charge is 2.25. The second-order valence-electron chi connectivity index (χ2n) is 4.03. The van der Waals surface area contributed by atoms with Gasteiger partial charge in [0, 0.05) is 19.1 Å². The Morgan fingerprint density at radius 3 is 3.00 bits per heavy atom. The summed E-state index contributed by atoms with van der Waals surface area (Å²) in [6, 6.07) is 0.430. The van der Waals surface area contributed by atoms with Gasteiger partial charge in [-0.2, -0.15) is 0 Å². The first-order valence-corrected chi connectivity index (χ1v) is 5.67. The summed E-state index contributed by atoms with van der Waals surface area (Å²) in [6.45, 7) is 3.56. The van der Waals surface area contributed by atoms with E-state index in [-0.39, 0.29) is 5.82 Å². The number of hydrogen-bond acceptors (Lipinski definition) is 4. The Kier molecular flexibility index (Phi) is 3.33. The molecule has 0 bridgehead atoms. The number of nitrogens with one attached hydrogen (secondary N) is 1. The first-order valence-electron chi connectivity index (χ1n) is 5.67. The third kappa shape index (κ3) is 2.00. The monoisotopic (exact) mass is 224 g/mol. The van der Waals surface area contributed by atoms with E-state index >= 15 is 0 Å². The number of halogens is 1. The van der Waals surface area contributed by atoms with E-state index in [2.05, 4.69) is 15.3 Å². The Morgan fingerprint density at radius 1 is 1.56 bits per heavy atom. The zero-order valence-corrected chi connectivity index (χ0v) is 9.70. The first-order chi connectivity index (χ1) is 7.76. The maximum Gasteiger partial charge on any atom is 0.187 e. The van der Waals surface area contributed by atoms with Crippen LogP contribution in [0.4, 0.5) is 10.2 Å². The summed E-state index contributed by atoms with van der Waals surface area (Å²) in [4.78, 5) is 9.97. The van der Waals surface area contributed by atoms with Crippen LogP contribution in [0.2, 0.25) is 0 Å². The SMILES string of the molecule is CCc1ncnc(N2CCC(NC)C2)c1F. The number of likely N-dealkylation sites (N-methyl/N-ethyl adjacent to an activating group) is 1. The van der Waals surface area contributed by atoms with Crippen molar-refractivity contribution in [2.24, 2.45) is 0 Å². The summed E-state index contributed by atoms with van der Waals surface area (Å²) in [5.41, 5.74) is 0.498. The molecule has 16 heavy (non-hydrogen) atoms. The largest absolute Gasteiger partial charge is 0.352 e. The normalized spacial score (nSPS) is 20.4. The van der Waals surface area contributed by atoms with Crippen LogP contribution in [0.5, 0.6) is 0 Å². The van der Waals surface area contributed by atoms with E-state index in [1.807, 2.05) is 18.9 Å². The van der Waals surface area contributed by atoms with Gasteiger partial charge in [0.15, 0.2) is 11.6 Å². The van der Waals surface area contributed by atoms with Crippen molar-refractivity contribution in [3.8, 4) is 0 Å². The summed E-state index contributed by atoms with van der Waals surface area (Å²) < 4.78 is 14.0. The third-order valence-electron chi connectivity index (χ3n) is 3.07. The molecule has 0 aromatic carbocycles. The van der Waals surface area contributed by atoms with Crippen LogP contribution in [0.1, 0.15) is 19.0 Å².